The van der Waals surface area contributed by atoms with Gasteiger partial charge in [0.15, 0.2) is 0 Å². The minimum Gasteiger partial charge on any atom is -0.466 e. The molecule has 1 aromatic carbocycles. The Morgan fingerprint density at radius 2 is 1.84 bits per heavy atom. The molecule has 168 valence electrons. The zero-order chi connectivity index (χ0) is 23.4. The van der Waals surface area contributed by atoms with Crippen LogP contribution in [0.15, 0.2) is 35.3 Å². The highest BCUT2D eigenvalue weighted by Crippen LogP contribution is 2.52. The molecule has 0 aliphatic carbocycles. The molecule has 31 heavy (non-hydrogen) atoms. The van der Waals surface area contributed by atoms with Crippen LogP contribution >= 0.6 is 11.3 Å². The first-order valence-corrected chi connectivity index (χ1v) is 9.78. The van der Waals surface area contributed by atoms with Gasteiger partial charge in [-0.15, -0.1) is 11.3 Å². The molecule has 1 N–H and O–H groups in total. The van der Waals surface area contributed by atoms with E-state index in [4.69, 9.17) is 4.74 Å². The van der Waals surface area contributed by atoms with Crippen molar-refractivity contribution >= 4 is 34.6 Å². The molecule has 0 saturated carbocycles. The van der Waals surface area contributed by atoms with Gasteiger partial charge < -0.3 is 19.5 Å². The van der Waals surface area contributed by atoms with E-state index in [0.717, 1.165) is 7.11 Å². The first-order chi connectivity index (χ1) is 14.5. The van der Waals surface area contributed by atoms with Crippen LogP contribution in [0.3, 0.4) is 0 Å². The summed E-state index contributed by atoms with van der Waals surface area (Å²) in [6.07, 6.45) is -4.17. The van der Waals surface area contributed by atoms with E-state index in [9.17, 15) is 27.9 Å². The molecule has 0 aliphatic rings. The number of nitrogens with zero attached hydrogens (tertiary/aromatic N) is 2. The molecule has 1 atom stereocenters. The number of hydrogen-bond acceptors (Lipinski definition) is 7. The van der Waals surface area contributed by atoms with Gasteiger partial charge in [0.1, 0.15) is 10.6 Å². The predicted molar refractivity (Wildman–Crippen MR) is 110 cm³/mol. The number of carbonyl (C=O) groups is 2. The minimum absolute atomic E-state index is 0.0460. The Morgan fingerprint density at radius 1 is 1.23 bits per heavy atom. The van der Waals surface area contributed by atoms with E-state index in [2.05, 4.69) is 9.73 Å². The summed E-state index contributed by atoms with van der Waals surface area (Å²) in [5.74, 6) is -2.87. The second-order valence-electron chi connectivity index (χ2n) is 6.48. The molecule has 7 nitrogen and oxygen atoms in total. The number of rotatable bonds is 7. The van der Waals surface area contributed by atoms with Crippen molar-refractivity contribution in [3.8, 4) is 11.1 Å². The van der Waals surface area contributed by atoms with E-state index >= 15 is 0 Å². The van der Waals surface area contributed by atoms with Gasteiger partial charge in [0, 0.05) is 19.7 Å². The van der Waals surface area contributed by atoms with Gasteiger partial charge in [-0.05, 0) is 12.5 Å². The number of halogens is 3. The van der Waals surface area contributed by atoms with Gasteiger partial charge in [0.2, 0.25) is 0 Å². The highest BCUT2D eigenvalue weighted by atomic mass is 32.1. The van der Waals surface area contributed by atoms with Crippen LogP contribution in [-0.4, -0.2) is 62.3 Å². The fourth-order valence-corrected chi connectivity index (χ4v) is 3.94. The highest BCUT2D eigenvalue weighted by molar-refractivity contribution is 7.17. The van der Waals surface area contributed by atoms with E-state index in [1.165, 1.54) is 30.3 Å². The molecule has 0 aliphatic heterocycles. The quantitative estimate of drug-likeness (QED) is 0.386. The molecule has 1 aromatic heterocycles. The van der Waals surface area contributed by atoms with Gasteiger partial charge in [-0.1, -0.05) is 30.3 Å². The summed E-state index contributed by atoms with van der Waals surface area (Å²) < 4.78 is 51.4. The molecule has 0 bridgehead atoms. The minimum atomic E-state index is -5.44. The Balaban J connectivity index is 3.01. The fourth-order valence-electron chi connectivity index (χ4n) is 2.69. The molecule has 1 unspecified atom stereocenters. The second-order valence-corrected chi connectivity index (χ2v) is 7.48. The number of methoxy groups -OCH3 is 1. The van der Waals surface area contributed by atoms with E-state index in [0.29, 0.717) is 11.3 Å². The molecular formula is C20H21F3N2O5S. The van der Waals surface area contributed by atoms with Crippen molar-refractivity contribution in [1.82, 2.24) is 4.90 Å². The van der Waals surface area contributed by atoms with Crippen LogP contribution < -0.4 is 0 Å². The SMILES string of the molecule is CCOC(=O)c1c(/N=C/N(C)C)sc(C(O)(C(=O)OC)C(F)(F)F)c1-c1ccccc1. The highest BCUT2D eigenvalue weighted by Gasteiger charge is 2.64. The summed E-state index contributed by atoms with van der Waals surface area (Å²) in [6, 6.07) is 7.60. The lowest BCUT2D eigenvalue weighted by Gasteiger charge is -2.27. The van der Waals surface area contributed by atoms with Gasteiger partial charge in [0.25, 0.3) is 5.60 Å². The number of aliphatic hydroxyl groups is 1. The summed E-state index contributed by atoms with van der Waals surface area (Å²) in [4.78, 5) is 29.7. The van der Waals surface area contributed by atoms with E-state index in [1.54, 1.807) is 32.3 Å². The molecular weight excluding hydrogens is 437 g/mol. The zero-order valence-electron chi connectivity index (χ0n) is 17.2. The van der Waals surface area contributed by atoms with Crippen molar-refractivity contribution in [3.63, 3.8) is 0 Å². The van der Waals surface area contributed by atoms with Crippen molar-refractivity contribution in [2.24, 2.45) is 4.99 Å². The van der Waals surface area contributed by atoms with Crippen LogP contribution in [0.5, 0.6) is 0 Å². The molecule has 0 saturated heterocycles. The van der Waals surface area contributed by atoms with Crippen LogP contribution in [0.4, 0.5) is 18.2 Å². The average Bonchev–Trinajstić information content (AvgIpc) is 3.10. The Labute approximate surface area is 180 Å². The predicted octanol–water partition coefficient (Wildman–Crippen LogP) is 3.74. The van der Waals surface area contributed by atoms with Crippen LogP contribution in [0.2, 0.25) is 0 Å². The maximum atomic E-state index is 14.0. The maximum absolute atomic E-state index is 14.0. The molecule has 1 heterocycles. The lowest BCUT2D eigenvalue weighted by atomic mass is 9.91. The van der Waals surface area contributed by atoms with Crippen molar-refractivity contribution < 1.29 is 37.3 Å². The zero-order valence-corrected chi connectivity index (χ0v) is 18.0. The third kappa shape index (κ3) is 4.72. The summed E-state index contributed by atoms with van der Waals surface area (Å²) >= 11 is 0.358. The molecule has 2 rings (SSSR count). The van der Waals surface area contributed by atoms with Gasteiger partial charge >= 0.3 is 18.1 Å². The molecule has 0 radical (unpaired) electrons. The van der Waals surface area contributed by atoms with Crippen LogP contribution in [0.25, 0.3) is 11.1 Å². The van der Waals surface area contributed by atoms with Crippen LogP contribution in [0, 0.1) is 0 Å². The summed E-state index contributed by atoms with van der Waals surface area (Å²) in [5.41, 5.74) is -4.46. The van der Waals surface area contributed by atoms with Crippen molar-refractivity contribution in [3.05, 3.63) is 40.8 Å². The van der Waals surface area contributed by atoms with E-state index in [1.807, 2.05) is 0 Å². The molecule has 0 fully saturated rings. The second kappa shape index (κ2) is 9.48. The number of carbonyl (C=O) groups excluding carboxylic acids is 2. The lowest BCUT2D eigenvalue weighted by molar-refractivity contribution is -0.265. The Hall–Kier alpha value is -2.92. The largest absolute Gasteiger partial charge is 0.466 e. The maximum Gasteiger partial charge on any atom is 0.433 e. The number of alkyl halides is 3. The number of ether oxygens (including phenoxy) is 2. The Kier molecular flexibility index (Phi) is 7.45. The average molecular weight is 458 g/mol. The normalized spacial score (nSPS) is 13.7. The summed E-state index contributed by atoms with van der Waals surface area (Å²) in [7, 11) is 3.98. The first-order valence-electron chi connectivity index (χ1n) is 8.96. The van der Waals surface area contributed by atoms with Gasteiger partial charge in [-0.25, -0.2) is 14.6 Å². The van der Waals surface area contributed by atoms with Gasteiger partial charge in [-0.2, -0.15) is 13.2 Å². The molecule has 2 aromatic rings. The number of thiophene rings is 1. The van der Waals surface area contributed by atoms with E-state index in [-0.39, 0.29) is 28.3 Å². The lowest BCUT2D eigenvalue weighted by Crippen LogP contribution is -2.49. The third-order valence-corrected chi connectivity index (χ3v) is 5.26. The molecule has 0 spiro atoms. The number of hydrogen-bond donors (Lipinski definition) is 1. The standard InChI is InChI=1S/C20H21F3N2O5S/c1-5-30-17(26)14-13(12-9-7-6-8-10-12)15(31-16(14)24-11-25(2)3)19(28,18(27)29-4)20(21,22)23/h6-11,28H,5H2,1-4H3/b24-11+. The third-order valence-electron chi connectivity index (χ3n) is 4.06. The van der Waals surface area contributed by atoms with Crippen molar-refractivity contribution in [1.29, 1.82) is 0 Å². The Morgan fingerprint density at radius 3 is 2.32 bits per heavy atom. The topological polar surface area (TPSA) is 88.4 Å². The Bertz CT molecular complexity index is 973. The number of benzene rings is 1. The van der Waals surface area contributed by atoms with Gasteiger partial charge in [0.05, 0.1) is 24.9 Å². The fraction of sp³-hybridized carbons (Fsp3) is 0.350. The van der Waals surface area contributed by atoms with E-state index < -0.39 is 28.6 Å². The summed E-state index contributed by atoms with van der Waals surface area (Å²) in [5, 5.41) is 10.5. The molecule has 11 heteroatoms. The van der Waals surface area contributed by atoms with Crippen molar-refractivity contribution in [2.45, 2.75) is 18.7 Å². The smallest absolute Gasteiger partial charge is 0.433 e. The summed E-state index contributed by atoms with van der Waals surface area (Å²) in [6.45, 7) is 1.49. The van der Waals surface area contributed by atoms with Gasteiger partial charge in [-0.3, -0.25) is 0 Å². The monoisotopic (exact) mass is 458 g/mol. The van der Waals surface area contributed by atoms with Crippen LogP contribution in [0.1, 0.15) is 22.2 Å². The number of esters is 2. The molecule has 0 amide bonds. The van der Waals surface area contributed by atoms with Crippen molar-refractivity contribution in [2.75, 3.05) is 27.8 Å². The first kappa shape index (κ1) is 24.4. The number of aliphatic imine (C=N–C) groups is 1. The van der Waals surface area contributed by atoms with Crippen LogP contribution in [-0.2, 0) is 19.9 Å².